The third-order valence-corrected chi connectivity index (χ3v) is 4.88. The second-order valence-electron chi connectivity index (χ2n) is 6.81. The van der Waals surface area contributed by atoms with Crippen molar-refractivity contribution in [2.24, 2.45) is 15.9 Å². The number of allylic oxidation sites excluding steroid dienone is 14. The minimum Gasteiger partial charge on any atom is -0.241 e. The second kappa shape index (κ2) is 16.5. The van der Waals surface area contributed by atoms with Gasteiger partial charge in [-0.15, -0.1) is 0 Å². The van der Waals surface area contributed by atoms with Gasteiger partial charge in [0.15, 0.2) is 0 Å². The molecule has 0 spiro atoms. The van der Waals surface area contributed by atoms with Gasteiger partial charge in [0.05, 0.1) is 5.71 Å². The molecule has 32 heavy (non-hydrogen) atoms. The molecule has 0 aliphatic rings. The smallest absolute Gasteiger partial charge is 0.116 e. The number of thioether (sulfide) groups is 1. The highest BCUT2D eigenvalue weighted by Gasteiger charge is 2.11. The van der Waals surface area contributed by atoms with E-state index in [1.54, 1.807) is 6.08 Å². The Morgan fingerprint density at radius 1 is 0.844 bits per heavy atom. The van der Waals surface area contributed by atoms with Gasteiger partial charge in [0, 0.05) is 27.0 Å². The molecule has 0 aliphatic heterocycles. The standard InChI is InChI=1S/C29H36N2S/c1-11-15-22(5)18-19-28(20-23(6)16-12-2)29(27(10)32-25(8)14-4)31-21-30-26(9)24(7)17-13-3/h11-21,24H,4-6,8-10H2,1-3,7H3/b15-11-,16-12-,17-13-,19-18-,28-20+,30-21-,31-29+. The maximum Gasteiger partial charge on any atom is 0.116 e. The van der Waals surface area contributed by atoms with Crippen LogP contribution in [0.15, 0.2) is 142 Å². The van der Waals surface area contributed by atoms with Crippen LogP contribution < -0.4 is 0 Å². The zero-order chi connectivity index (χ0) is 24.5. The highest BCUT2D eigenvalue weighted by Crippen LogP contribution is 2.28. The first-order chi connectivity index (χ1) is 15.2. The van der Waals surface area contributed by atoms with Crippen LogP contribution in [0.2, 0.25) is 0 Å². The molecule has 0 rings (SSSR count). The number of hydrogen-bond acceptors (Lipinski definition) is 2. The molecule has 0 aromatic heterocycles. The first kappa shape index (κ1) is 28.8. The third-order valence-electron chi connectivity index (χ3n) is 4.02. The van der Waals surface area contributed by atoms with Crippen molar-refractivity contribution in [1.29, 1.82) is 0 Å². The molecule has 0 fully saturated rings. The van der Waals surface area contributed by atoms with Crippen molar-refractivity contribution < 1.29 is 0 Å². The van der Waals surface area contributed by atoms with E-state index in [0.717, 1.165) is 27.3 Å². The van der Waals surface area contributed by atoms with Crippen molar-refractivity contribution in [3.63, 3.8) is 0 Å². The van der Waals surface area contributed by atoms with Crippen molar-refractivity contribution in [3.8, 4) is 0 Å². The van der Waals surface area contributed by atoms with Crippen molar-refractivity contribution in [2.45, 2.75) is 27.7 Å². The van der Waals surface area contributed by atoms with Crippen LogP contribution >= 0.6 is 11.8 Å². The van der Waals surface area contributed by atoms with Gasteiger partial charge in [-0.2, -0.15) is 0 Å². The van der Waals surface area contributed by atoms with Gasteiger partial charge in [0.25, 0.3) is 0 Å². The molecule has 0 bridgehead atoms. The van der Waals surface area contributed by atoms with Gasteiger partial charge in [-0.1, -0.05) is 113 Å². The zero-order valence-corrected chi connectivity index (χ0v) is 20.8. The molecular weight excluding hydrogens is 408 g/mol. The summed E-state index contributed by atoms with van der Waals surface area (Å²) in [5.41, 5.74) is 3.90. The van der Waals surface area contributed by atoms with Crippen molar-refractivity contribution in [1.82, 2.24) is 0 Å². The Balaban J connectivity index is 6.43. The Kier molecular flexibility index (Phi) is 14.9. The fourth-order valence-electron chi connectivity index (χ4n) is 2.36. The van der Waals surface area contributed by atoms with E-state index in [1.165, 1.54) is 18.1 Å². The minimum absolute atomic E-state index is 0.126. The van der Waals surface area contributed by atoms with E-state index in [2.05, 4.69) is 49.5 Å². The Morgan fingerprint density at radius 3 is 2.03 bits per heavy atom. The van der Waals surface area contributed by atoms with E-state index in [4.69, 9.17) is 0 Å². The average Bonchev–Trinajstić information content (AvgIpc) is 2.74. The van der Waals surface area contributed by atoms with Gasteiger partial charge in [-0.3, -0.25) is 0 Å². The molecule has 1 unspecified atom stereocenters. The van der Waals surface area contributed by atoms with Gasteiger partial charge in [-0.05, 0) is 38.0 Å². The molecule has 168 valence electrons. The molecule has 0 aliphatic carbocycles. The summed E-state index contributed by atoms with van der Waals surface area (Å²) in [5, 5.41) is 0. The molecular formula is C29H36N2S. The predicted octanol–water partition coefficient (Wildman–Crippen LogP) is 8.88. The summed E-state index contributed by atoms with van der Waals surface area (Å²) < 4.78 is 0. The van der Waals surface area contributed by atoms with Gasteiger partial charge < -0.3 is 0 Å². The molecule has 1 atom stereocenters. The van der Waals surface area contributed by atoms with Gasteiger partial charge in [0.2, 0.25) is 0 Å². The molecule has 2 nitrogen and oxygen atoms in total. The number of hydrogen-bond donors (Lipinski definition) is 0. The first-order valence-electron chi connectivity index (χ1n) is 10.3. The van der Waals surface area contributed by atoms with Crippen LogP contribution in [-0.4, -0.2) is 12.1 Å². The van der Waals surface area contributed by atoms with Crippen molar-refractivity contribution in [2.75, 3.05) is 0 Å². The van der Waals surface area contributed by atoms with E-state index in [0.29, 0.717) is 10.6 Å². The molecule has 0 N–H and O–H groups in total. The summed E-state index contributed by atoms with van der Waals surface area (Å²) in [6.45, 7) is 32.1. The van der Waals surface area contributed by atoms with Gasteiger partial charge >= 0.3 is 0 Å². The molecule has 0 saturated heterocycles. The highest BCUT2D eigenvalue weighted by atomic mass is 32.2. The van der Waals surface area contributed by atoms with Crippen LogP contribution in [0.5, 0.6) is 0 Å². The Morgan fingerprint density at radius 2 is 1.47 bits per heavy atom. The lowest BCUT2D eigenvalue weighted by Crippen LogP contribution is -2.04. The molecule has 0 radical (unpaired) electrons. The summed E-state index contributed by atoms with van der Waals surface area (Å²) in [5.74, 6) is 0.126. The summed E-state index contributed by atoms with van der Waals surface area (Å²) in [6, 6.07) is 0. The third kappa shape index (κ3) is 11.9. The number of rotatable bonds is 14. The second-order valence-corrected chi connectivity index (χ2v) is 8.03. The number of nitrogens with zero attached hydrogens (tertiary/aromatic N) is 2. The van der Waals surface area contributed by atoms with Crippen LogP contribution in [0.1, 0.15) is 27.7 Å². The first-order valence-corrected chi connectivity index (χ1v) is 11.1. The average molecular weight is 445 g/mol. The Hall–Kier alpha value is -3.17. The van der Waals surface area contributed by atoms with Gasteiger partial charge in [0.1, 0.15) is 6.34 Å². The predicted molar refractivity (Wildman–Crippen MR) is 150 cm³/mol. The van der Waals surface area contributed by atoms with E-state index in [1.807, 2.05) is 82.4 Å². The lowest BCUT2D eigenvalue weighted by atomic mass is 10.0. The lowest BCUT2D eigenvalue weighted by Gasteiger charge is -2.11. The molecule has 0 heterocycles. The van der Waals surface area contributed by atoms with E-state index < -0.39 is 0 Å². The fraction of sp³-hybridized carbons (Fsp3) is 0.172. The summed E-state index contributed by atoms with van der Waals surface area (Å²) in [4.78, 5) is 10.6. The van der Waals surface area contributed by atoms with E-state index in [-0.39, 0.29) is 5.92 Å². The molecule has 3 heteroatoms. The topological polar surface area (TPSA) is 24.7 Å². The quantitative estimate of drug-likeness (QED) is 0.114. The Labute approximate surface area is 199 Å². The van der Waals surface area contributed by atoms with Gasteiger partial charge in [-0.25, -0.2) is 9.98 Å². The molecule has 0 amide bonds. The SMILES string of the molecule is C=CC(=C)SC(=C)C(=N\C=N/C(=C)C(C)/C=C\C)/C(/C=C\C(=C)/C=C\C)=C/C(=C)/C=C\C. The monoisotopic (exact) mass is 444 g/mol. The van der Waals surface area contributed by atoms with E-state index >= 15 is 0 Å². The van der Waals surface area contributed by atoms with Crippen LogP contribution in [0, 0.1) is 5.92 Å². The molecule has 0 aromatic carbocycles. The molecule has 0 saturated carbocycles. The van der Waals surface area contributed by atoms with Crippen LogP contribution in [0.25, 0.3) is 0 Å². The lowest BCUT2D eigenvalue weighted by molar-refractivity contribution is 0.852. The van der Waals surface area contributed by atoms with Crippen LogP contribution in [0.3, 0.4) is 0 Å². The summed E-state index contributed by atoms with van der Waals surface area (Å²) in [7, 11) is 0. The van der Waals surface area contributed by atoms with Crippen LogP contribution in [-0.2, 0) is 0 Å². The van der Waals surface area contributed by atoms with Crippen molar-refractivity contribution >= 4 is 23.8 Å². The van der Waals surface area contributed by atoms with E-state index in [9.17, 15) is 0 Å². The van der Waals surface area contributed by atoms with Crippen LogP contribution in [0.4, 0.5) is 0 Å². The molecule has 0 aromatic rings. The van der Waals surface area contributed by atoms with Crippen molar-refractivity contribution in [3.05, 3.63) is 132 Å². The summed E-state index contributed by atoms with van der Waals surface area (Å²) >= 11 is 1.40. The number of aliphatic imine (C=N–C) groups is 2. The normalized spacial score (nSPS) is 14.1. The largest absolute Gasteiger partial charge is 0.241 e. The maximum atomic E-state index is 4.64. The minimum atomic E-state index is 0.126. The maximum absolute atomic E-state index is 4.64. The zero-order valence-electron chi connectivity index (χ0n) is 20.0. The Bertz CT molecular complexity index is 944. The fourth-order valence-corrected chi connectivity index (χ4v) is 3.02. The highest BCUT2D eigenvalue weighted by molar-refractivity contribution is 8.07. The summed E-state index contributed by atoms with van der Waals surface area (Å²) in [6.07, 6.45) is 20.8.